The third-order valence-corrected chi connectivity index (χ3v) is 8.51. The molecule has 1 aliphatic carbocycles. The van der Waals surface area contributed by atoms with Gasteiger partial charge in [0.2, 0.25) is 5.91 Å². The lowest BCUT2D eigenvalue weighted by atomic mass is 9.82. The number of nitrogens with zero attached hydrogens (tertiary/aromatic N) is 1. The maximum Gasteiger partial charge on any atom is 0.308 e. The van der Waals surface area contributed by atoms with Gasteiger partial charge in [-0.25, -0.2) is 0 Å². The minimum absolute atomic E-state index is 0.107. The number of allylic oxidation sites excluding steroid dienone is 2. The molecule has 1 saturated carbocycles. The number of rotatable bonds is 5. The first-order valence-corrected chi connectivity index (χ1v) is 14.7. The first kappa shape index (κ1) is 33.7. The van der Waals surface area contributed by atoms with E-state index in [0.717, 1.165) is 25.7 Å². The van der Waals surface area contributed by atoms with E-state index in [1.165, 1.54) is 0 Å². The first-order chi connectivity index (χ1) is 19.0. The van der Waals surface area contributed by atoms with Crippen LogP contribution in [0.4, 0.5) is 0 Å². The smallest absolute Gasteiger partial charge is 0.308 e. The zero-order chi connectivity index (χ0) is 29.8. The van der Waals surface area contributed by atoms with Crippen LogP contribution >= 0.6 is 0 Å². The lowest BCUT2D eigenvalue weighted by Gasteiger charge is -2.29. The van der Waals surface area contributed by atoms with Crippen molar-refractivity contribution >= 4 is 18.2 Å². The molecule has 2 rings (SSSR count). The number of hydrogen-bond donors (Lipinski definition) is 4. The number of ether oxygens (including phenoxy) is 1. The number of hydrogen-bond acceptors (Lipinski definition) is 8. The van der Waals surface area contributed by atoms with E-state index in [0.29, 0.717) is 31.0 Å². The molecule has 0 aromatic rings. The molecule has 9 heteroatoms. The van der Waals surface area contributed by atoms with Gasteiger partial charge in [-0.3, -0.25) is 9.59 Å². The van der Waals surface area contributed by atoms with Crippen molar-refractivity contribution in [3.8, 4) is 6.07 Å². The van der Waals surface area contributed by atoms with E-state index in [9.17, 15) is 35.0 Å². The Kier molecular flexibility index (Phi) is 14.0. The number of aldehydes is 1. The molecule has 0 spiro atoms. The monoisotopic (exact) mass is 560 g/mol. The second kappa shape index (κ2) is 16.7. The van der Waals surface area contributed by atoms with Gasteiger partial charge in [-0.1, -0.05) is 46.3 Å². The highest BCUT2D eigenvalue weighted by atomic mass is 16.5. The maximum atomic E-state index is 13.0. The molecule has 1 heterocycles. The molecule has 1 unspecified atom stereocenters. The van der Waals surface area contributed by atoms with Gasteiger partial charge in [0, 0.05) is 18.3 Å². The van der Waals surface area contributed by atoms with Crippen molar-refractivity contribution in [3.05, 3.63) is 23.8 Å². The summed E-state index contributed by atoms with van der Waals surface area (Å²) in [6, 6.07) is 1.11. The Hall–Kier alpha value is -2.54. The molecule has 4 N–H and O–H groups in total. The minimum atomic E-state index is -0.994. The van der Waals surface area contributed by atoms with Crippen molar-refractivity contribution in [2.24, 2.45) is 35.5 Å². The van der Waals surface area contributed by atoms with Crippen LogP contribution in [0.1, 0.15) is 79.1 Å². The topological polar surface area (TPSA) is 157 Å². The molecule has 9 nitrogen and oxygen atoms in total. The summed E-state index contributed by atoms with van der Waals surface area (Å²) < 4.78 is 5.89. The van der Waals surface area contributed by atoms with Crippen LogP contribution in [-0.2, 0) is 19.1 Å². The Morgan fingerprint density at radius 2 is 1.82 bits per heavy atom. The number of esters is 1. The van der Waals surface area contributed by atoms with Crippen LogP contribution in [0.2, 0.25) is 0 Å². The highest BCUT2D eigenvalue weighted by Gasteiger charge is 2.40. The second-order valence-corrected chi connectivity index (χ2v) is 12.1. The molecule has 0 saturated heterocycles. The molecular formula is C31H48N2O7. The molecule has 1 aliphatic heterocycles. The normalized spacial score (nSPS) is 37.9. The molecule has 1 amide bonds. The quantitative estimate of drug-likeness (QED) is 0.295. The van der Waals surface area contributed by atoms with E-state index in [1.54, 1.807) is 18.2 Å². The number of nitrogens with one attached hydrogen (secondary N) is 1. The number of carbonyl (C=O) groups is 3. The SMILES string of the molecule is C[C@@H]1C[C@H](C)C[C@H](C)[C@@H](O)CC(=O)O[C@H]([C@@H]2CCC[C@H]2C(=O)NC(C=O)CO)C/C=C/C=C(/C#N)[C@H](O)[C@@H](C)C1. The number of carbonyl (C=O) groups excluding carboxylic acids is 3. The largest absolute Gasteiger partial charge is 0.462 e. The number of aliphatic hydroxyl groups is 3. The molecule has 1 fully saturated rings. The average molecular weight is 561 g/mol. The van der Waals surface area contributed by atoms with Crippen LogP contribution in [0.3, 0.4) is 0 Å². The summed E-state index contributed by atoms with van der Waals surface area (Å²) in [6.07, 6.45) is 7.53. The molecular weight excluding hydrogens is 512 g/mol. The number of amides is 1. The number of aliphatic hydroxyl groups excluding tert-OH is 3. The molecule has 0 bridgehead atoms. The zero-order valence-corrected chi connectivity index (χ0v) is 24.4. The van der Waals surface area contributed by atoms with Crippen molar-refractivity contribution < 1.29 is 34.4 Å². The second-order valence-electron chi connectivity index (χ2n) is 12.1. The summed E-state index contributed by atoms with van der Waals surface area (Å²) in [4.78, 5) is 37.1. The van der Waals surface area contributed by atoms with Gasteiger partial charge in [0.25, 0.3) is 0 Å². The standard InChI is InChI=1S/C31H48N2O7/c1-19-12-20(2)14-22(4)30(38)23(16-32)8-5-6-11-28(40-29(37)15-27(36)21(3)13-19)25-9-7-10-26(25)31(39)33-24(17-34)18-35/h5-6,8,17,19-22,24-28,30,35-36,38H,7,9-15,18H2,1-4H3,(H,33,39)/b6-5+,23-8-/t19-,20+,21-,22-,24?,25+,26+,27-,28-,30+/m0/s1. The predicted octanol–water partition coefficient (Wildman–Crippen LogP) is 3.23. The van der Waals surface area contributed by atoms with Gasteiger partial charge in [0.05, 0.1) is 36.9 Å². The summed E-state index contributed by atoms with van der Waals surface area (Å²) in [7, 11) is 0. The van der Waals surface area contributed by atoms with Crippen LogP contribution in [0.25, 0.3) is 0 Å². The Bertz CT molecular complexity index is 942. The fourth-order valence-electron chi connectivity index (χ4n) is 6.40. The molecule has 40 heavy (non-hydrogen) atoms. The van der Waals surface area contributed by atoms with E-state index < -0.39 is 42.8 Å². The first-order valence-electron chi connectivity index (χ1n) is 14.7. The molecule has 224 valence electrons. The van der Waals surface area contributed by atoms with E-state index in [2.05, 4.69) is 25.2 Å². The summed E-state index contributed by atoms with van der Waals surface area (Å²) in [5, 5.41) is 43.2. The van der Waals surface area contributed by atoms with Gasteiger partial charge in [-0.2, -0.15) is 5.26 Å². The van der Waals surface area contributed by atoms with E-state index in [-0.39, 0.29) is 42.1 Å². The highest BCUT2D eigenvalue weighted by molar-refractivity contribution is 5.82. The fraction of sp³-hybridized carbons (Fsp3) is 0.742. The van der Waals surface area contributed by atoms with Crippen LogP contribution < -0.4 is 5.32 Å². The van der Waals surface area contributed by atoms with Gasteiger partial charge in [-0.15, -0.1) is 0 Å². The van der Waals surface area contributed by atoms with Gasteiger partial charge in [0.1, 0.15) is 18.4 Å². The van der Waals surface area contributed by atoms with Crippen molar-refractivity contribution in [1.82, 2.24) is 5.32 Å². The van der Waals surface area contributed by atoms with Gasteiger partial charge in [0.15, 0.2) is 0 Å². The minimum Gasteiger partial charge on any atom is -0.462 e. The summed E-state index contributed by atoms with van der Waals surface area (Å²) in [6.45, 7) is 7.62. The Labute approximate surface area is 238 Å². The third-order valence-electron chi connectivity index (χ3n) is 8.51. The van der Waals surface area contributed by atoms with Crippen LogP contribution in [0.15, 0.2) is 23.8 Å². The lowest BCUT2D eigenvalue weighted by molar-refractivity contribution is -0.156. The van der Waals surface area contributed by atoms with E-state index in [4.69, 9.17) is 4.74 Å². The molecule has 10 atom stereocenters. The molecule has 0 radical (unpaired) electrons. The van der Waals surface area contributed by atoms with Crippen molar-refractivity contribution in [2.75, 3.05) is 6.61 Å². The van der Waals surface area contributed by atoms with Gasteiger partial charge >= 0.3 is 5.97 Å². The predicted molar refractivity (Wildman–Crippen MR) is 150 cm³/mol. The van der Waals surface area contributed by atoms with Gasteiger partial charge < -0.3 is 30.2 Å². The average Bonchev–Trinajstić information content (AvgIpc) is 3.40. The molecule has 0 aromatic heterocycles. The van der Waals surface area contributed by atoms with Crippen molar-refractivity contribution in [2.45, 2.75) is 103 Å². The maximum absolute atomic E-state index is 13.0. The summed E-state index contributed by atoms with van der Waals surface area (Å²) in [5.41, 5.74) is 0.262. The lowest BCUT2D eigenvalue weighted by Crippen LogP contribution is -2.45. The fourth-order valence-corrected chi connectivity index (χ4v) is 6.40. The Morgan fingerprint density at radius 1 is 1.15 bits per heavy atom. The molecule has 0 aromatic carbocycles. The number of cyclic esters (lactones) is 1. The molecule has 2 aliphatic rings. The van der Waals surface area contributed by atoms with Crippen molar-refractivity contribution in [3.63, 3.8) is 0 Å². The number of nitriles is 1. The van der Waals surface area contributed by atoms with E-state index >= 15 is 0 Å². The summed E-state index contributed by atoms with van der Waals surface area (Å²) >= 11 is 0. The van der Waals surface area contributed by atoms with Crippen LogP contribution in [-0.4, -0.2) is 64.4 Å². The van der Waals surface area contributed by atoms with Gasteiger partial charge in [-0.05, 0) is 61.9 Å². The zero-order valence-electron chi connectivity index (χ0n) is 24.4. The summed E-state index contributed by atoms with van der Waals surface area (Å²) in [5.74, 6) is -1.33. The van der Waals surface area contributed by atoms with Crippen LogP contribution in [0, 0.1) is 46.8 Å². The highest BCUT2D eigenvalue weighted by Crippen LogP contribution is 2.37. The van der Waals surface area contributed by atoms with Crippen molar-refractivity contribution in [1.29, 1.82) is 5.26 Å². The Balaban J connectivity index is 2.33. The van der Waals surface area contributed by atoms with Crippen LogP contribution in [0.5, 0.6) is 0 Å². The third kappa shape index (κ3) is 10.1. The Morgan fingerprint density at radius 3 is 2.45 bits per heavy atom. The van der Waals surface area contributed by atoms with E-state index in [1.807, 2.05) is 13.8 Å².